The summed E-state index contributed by atoms with van der Waals surface area (Å²) >= 11 is 0. The second-order valence-electron chi connectivity index (χ2n) is 17.7. The first kappa shape index (κ1) is 53.4. The van der Waals surface area contributed by atoms with Gasteiger partial charge in [0.1, 0.15) is 13.2 Å². The second-order valence-corrected chi connectivity index (χ2v) is 17.7. The van der Waals surface area contributed by atoms with Crippen molar-refractivity contribution < 1.29 is 28.6 Å². The Hall–Kier alpha value is -1.59. The molecule has 0 amide bonds. The lowest BCUT2D eigenvalue weighted by Crippen LogP contribution is -2.30. The van der Waals surface area contributed by atoms with E-state index in [-0.39, 0.29) is 31.1 Å². The van der Waals surface area contributed by atoms with E-state index in [1.807, 2.05) is 0 Å². The third-order valence-corrected chi connectivity index (χ3v) is 11.0. The summed E-state index contributed by atoms with van der Waals surface area (Å²) < 4.78 is 16.7. The topological polar surface area (TPSA) is 78.9 Å². The zero-order valence-electron chi connectivity index (χ0n) is 37.6. The summed E-state index contributed by atoms with van der Waals surface area (Å²) in [5.41, 5.74) is 0. The zero-order chi connectivity index (χ0) is 40.5. The van der Waals surface area contributed by atoms with E-state index >= 15 is 0 Å². The Bertz CT molecular complexity index is 839. The molecule has 0 aliphatic carbocycles. The number of carbonyl (C=O) groups is 3. The van der Waals surface area contributed by atoms with Crippen LogP contribution in [0.1, 0.15) is 266 Å². The van der Waals surface area contributed by atoms with Crippen molar-refractivity contribution in [3.63, 3.8) is 0 Å². The van der Waals surface area contributed by atoms with Crippen LogP contribution in [0.4, 0.5) is 0 Å². The van der Waals surface area contributed by atoms with Gasteiger partial charge in [-0.2, -0.15) is 0 Å². The fourth-order valence-corrected chi connectivity index (χ4v) is 7.28. The van der Waals surface area contributed by atoms with Gasteiger partial charge in [0.15, 0.2) is 6.10 Å². The van der Waals surface area contributed by atoms with Crippen molar-refractivity contribution in [2.24, 2.45) is 11.8 Å². The fourth-order valence-electron chi connectivity index (χ4n) is 7.28. The Morgan fingerprint density at radius 1 is 0.345 bits per heavy atom. The Balaban J connectivity index is 4.17. The van der Waals surface area contributed by atoms with Crippen LogP contribution in [0, 0.1) is 11.8 Å². The smallest absolute Gasteiger partial charge is 0.306 e. The molecule has 326 valence electrons. The molecular formula is C49H94O6. The number of carbonyl (C=O) groups excluding carboxylic acids is 3. The van der Waals surface area contributed by atoms with Crippen molar-refractivity contribution in [3.05, 3.63) is 0 Å². The van der Waals surface area contributed by atoms with E-state index in [2.05, 4.69) is 34.6 Å². The molecule has 0 N–H and O–H groups in total. The maximum absolute atomic E-state index is 12.6. The lowest BCUT2D eigenvalue weighted by Gasteiger charge is -2.18. The molecule has 55 heavy (non-hydrogen) atoms. The molecule has 0 fully saturated rings. The quantitative estimate of drug-likeness (QED) is 0.0348. The molecule has 0 aromatic rings. The molecule has 0 bridgehead atoms. The minimum absolute atomic E-state index is 0.0648. The number of unbranched alkanes of at least 4 members (excludes halogenated alkanes) is 28. The van der Waals surface area contributed by atoms with Crippen LogP contribution < -0.4 is 0 Å². The van der Waals surface area contributed by atoms with E-state index in [1.54, 1.807) is 0 Å². The molecule has 0 saturated carbocycles. The van der Waals surface area contributed by atoms with Crippen molar-refractivity contribution in [2.75, 3.05) is 13.2 Å². The SMILES string of the molecule is CCCCCCCCCC(=O)O[C@H](COC(=O)CCCCCCCCCCCCCCCCCC(C)C)COC(=O)CCCCCCCCCCCC(C)C. The van der Waals surface area contributed by atoms with E-state index in [9.17, 15) is 14.4 Å². The number of ether oxygens (including phenoxy) is 3. The van der Waals surface area contributed by atoms with Crippen LogP contribution in [0.25, 0.3) is 0 Å². The number of hydrogen-bond donors (Lipinski definition) is 0. The summed E-state index contributed by atoms with van der Waals surface area (Å²) in [5, 5.41) is 0. The largest absolute Gasteiger partial charge is 0.462 e. The van der Waals surface area contributed by atoms with Crippen LogP contribution in [0.15, 0.2) is 0 Å². The van der Waals surface area contributed by atoms with E-state index in [1.165, 1.54) is 154 Å². The standard InChI is InChI=1S/C49H94O6/c1-6-7-8-9-22-31-36-41-49(52)55-46(43-54-48(51)40-35-30-26-21-17-19-24-28-33-38-45(4)5)42-53-47(50)39-34-29-25-20-16-14-12-10-11-13-15-18-23-27-32-37-44(2)3/h44-46H,6-43H2,1-5H3/t46-/m1/s1. The summed E-state index contributed by atoms with van der Waals surface area (Å²) in [5.74, 6) is 0.797. The van der Waals surface area contributed by atoms with E-state index < -0.39 is 6.10 Å². The molecule has 1 atom stereocenters. The number of esters is 3. The maximum Gasteiger partial charge on any atom is 0.306 e. The van der Waals surface area contributed by atoms with Crippen LogP contribution in [-0.2, 0) is 28.6 Å². The normalized spacial score (nSPS) is 12.1. The van der Waals surface area contributed by atoms with E-state index in [4.69, 9.17) is 14.2 Å². The van der Waals surface area contributed by atoms with Crippen LogP contribution in [0.5, 0.6) is 0 Å². The summed E-state index contributed by atoms with van der Waals surface area (Å²) in [6.07, 6.45) is 41.1. The van der Waals surface area contributed by atoms with E-state index in [0.29, 0.717) is 19.3 Å². The molecule has 0 aliphatic heterocycles. The number of hydrogen-bond acceptors (Lipinski definition) is 6. The molecule has 0 saturated heterocycles. The minimum Gasteiger partial charge on any atom is -0.462 e. The molecule has 6 heteroatoms. The summed E-state index contributed by atoms with van der Waals surface area (Å²) in [6, 6.07) is 0. The van der Waals surface area contributed by atoms with Crippen LogP contribution in [0.3, 0.4) is 0 Å². The highest BCUT2D eigenvalue weighted by atomic mass is 16.6. The third-order valence-electron chi connectivity index (χ3n) is 11.0. The van der Waals surface area contributed by atoms with E-state index in [0.717, 1.165) is 69.6 Å². The third kappa shape index (κ3) is 43.4. The predicted octanol–water partition coefficient (Wildman–Crippen LogP) is 15.4. The first-order valence-electron chi connectivity index (χ1n) is 24.2. The molecular weight excluding hydrogens is 685 g/mol. The van der Waals surface area contributed by atoms with Gasteiger partial charge in [0.05, 0.1) is 0 Å². The van der Waals surface area contributed by atoms with Gasteiger partial charge in [0.25, 0.3) is 0 Å². The summed E-state index contributed by atoms with van der Waals surface area (Å²) in [4.78, 5) is 37.7. The molecule has 0 aromatic heterocycles. The van der Waals surface area contributed by atoms with Crippen LogP contribution in [-0.4, -0.2) is 37.2 Å². The first-order chi connectivity index (χ1) is 26.7. The van der Waals surface area contributed by atoms with Gasteiger partial charge in [-0.05, 0) is 31.1 Å². The zero-order valence-corrected chi connectivity index (χ0v) is 37.6. The van der Waals surface area contributed by atoms with Gasteiger partial charge in [0, 0.05) is 19.3 Å². The minimum atomic E-state index is -0.759. The fraction of sp³-hybridized carbons (Fsp3) is 0.939. The van der Waals surface area contributed by atoms with Gasteiger partial charge in [-0.25, -0.2) is 0 Å². The maximum atomic E-state index is 12.6. The summed E-state index contributed by atoms with van der Waals surface area (Å²) in [7, 11) is 0. The van der Waals surface area contributed by atoms with Gasteiger partial charge in [-0.3, -0.25) is 14.4 Å². The van der Waals surface area contributed by atoms with Crippen LogP contribution >= 0.6 is 0 Å². The lowest BCUT2D eigenvalue weighted by atomic mass is 10.0. The molecule has 0 aliphatic rings. The Kier molecular flexibility index (Phi) is 40.8. The van der Waals surface area contributed by atoms with Crippen molar-refractivity contribution in [2.45, 2.75) is 272 Å². The molecule has 0 heterocycles. The molecule has 6 nitrogen and oxygen atoms in total. The van der Waals surface area contributed by atoms with Gasteiger partial charge >= 0.3 is 17.9 Å². The van der Waals surface area contributed by atoms with Gasteiger partial charge in [-0.15, -0.1) is 0 Å². The van der Waals surface area contributed by atoms with Gasteiger partial charge in [0.2, 0.25) is 0 Å². The van der Waals surface area contributed by atoms with Crippen molar-refractivity contribution >= 4 is 17.9 Å². The number of rotatable bonds is 43. The van der Waals surface area contributed by atoms with Gasteiger partial charge < -0.3 is 14.2 Å². The highest BCUT2D eigenvalue weighted by molar-refractivity contribution is 5.71. The molecule has 0 aromatic carbocycles. The average molecular weight is 779 g/mol. The molecule has 0 unspecified atom stereocenters. The molecule has 0 rings (SSSR count). The van der Waals surface area contributed by atoms with Crippen molar-refractivity contribution in [1.82, 2.24) is 0 Å². The molecule has 0 spiro atoms. The van der Waals surface area contributed by atoms with Crippen molar-refractivity contribution in [3.8, 4) is 0 Å². The Morgan fingerprint density at radius 2 is 0.600 bits per heavy atom. The monoisotopic (exact) mass is 779 g/mol. The Labute approximate surface area is 342 Å². The summed E-state index contributed by atoms with van der Waals surface area (Å²) in [6.45, 7) is 11.3. The highest BCUT2D eigenvalue weighted by Crippen LogP contribution is 2.17. The highest BCUT2D eigenvalue weighted by Gasteiger charge is 2.19. The first-order valence-corrected chi connectivity index (χ1v) is 24.2. The average Bonchev–Trinajstić information content (AvgIpc) is 3.15. The molecule has 0 radical (unpaired) electrons. The van der Waals surface area contributed by atoms with Gasteiger partial charge in [-0.1, -0.05) is 227 Å². The predicted molar refractivity (Wildman–Crippen MR) is 233 cm³/mol. The van der Waals surface area contributed by atoms with Crippen LogP contribution in [0.2, 0.25) is 0 Å². The Morgan fingerprint density at radius 3 is 0.891 bits per heavy atom. The van der Waals surface area contributed by atoms with Crippen molar-refractivity contribution in [1.29, 1.82) is 0 Å². The lowest BCUT2D eigenvalue weighted by molar-refractivity contribution is -0.167. The second kappa shape index (κ2) is 42.0.